The first kappa shape index (κ1) is 6.80. The van der Waals surface area contributed by atoms with Gasteiger partial charge in [-0.15, -0.1) is 0 Å². The van der Waals surface area contributed by atoms with E-state index in [2.05, 4.69) is 16.1 Å². The maximum atomic E-state index is 5.33. The number of nitrogens with zero attached hydrogens (tertiary/aromatic N) is 1. The molecule has 0 fully saturated rings. The Morgan fingerprint density at radius 2 is 2.62 bits per heavy atom. The second-order valence-electron chi connectivity index (χ2n) is 1.48. The third-order valence-electron chi connectivity index (χ3n) is 0.906. The number of hydrogen-bond acceptors (Lipinski definition) is 4. The molecule has 0 saturated heterocycles. The van der Waals surface area contributed by atoms with Crippen LogP contribution in [0.15, 0.2) is 4.40 Å². The highest BCUT2D eigenvalue weighted by molar-refractivity contribution is 9.20. The minimum absolute atomic E-state index is 1.04. The maximum Gasteiger partial charge on any atom is 0.0195 e. The van der Waals surface area contributed by atoms with E-state index in [0.29, 0.717) is 0 Å². The molecule has 0 aromatic rings. The average molecular weight is 168 g/mol. The van der Waals surface area contributed by atoms with Crippen LogP contribution in [0.25, 0.3) is 0 Å². The summed E-state index contributed by atoms with van der Waals surface area (Å²) < 4.78 is 4.15. The molecule has 2 nitrogen and oxygen atoms in total. The minimum atomic E-state index is -1.08. The van der Waals surface area contributed by atoms with E-state index in [4.69, 9.17) is 5.14 Å². The van der Waals surface area contributed by atoms with Crippen molar-refractivity contribution in [1.82, 2.24) is 0 Å². The van der Waals surface area contributed by atoms with Crippen molar-refractivity contribution >= 4 is 37.1 Å². The van der Waals surface area contributed by atoms with E-state index < -0.39 is 8.28 Å². The van der Waals surface area contributed by atoms with Crippen molar-refractivity contribution in [2.24, 2.45) is 9.54 Å². The summed E-state index contributed by atoms with van der Waals surface area (Å²) in [6.07, 6.45) is 2.95. The summed E-state index contributed by atoms with van der Waals surface area (Å²) in [4.78, 5) is 0. The van der Waals surface area contributed by atoms with Crippen molar-refractivity contribution in [3.8, 4) is 0 Å². The van der Waals surface area contributed by atoms with Crippen LogP contribution in [0.3, 0.4) is 0 Å². The van der Waals surface area contributed by atoms with E-state index in [0.717, 1.165) is 12.2 Å². The molecule has 1 aliphatic rings. The third kappa shape index (κ3) is 1.34. The molecule has 0 aromatic heterocycles. The predicted molar refractivity (Wildman–Crippen MR) is 46.3 cm³/mol. The van der Waals surface area contributed by atoms with Gasteiger partial charge >= 0.3 is 0 Å². The highest BCUT2D eigenvalue weighted by Gasteiger charge is 2.19. The lowest BCUT2D eigenvalue weighted by atomic mass is 10.6. The first-order valence-electron chi connectivity index (χ1n) is 2.22. The fourth-order valence-corrected chi connectivity index (χ4v) is 2.93. The largest absolute Gasteiger partial charge is 0.268 e. The van der Waals surface area contributed by atoms with Crippen molar-refractivity contribution in [3.05, 3.63) is 0 Å². The molecule has 0 radical (unpaired) electrons. The summed E-state index contributed by atoms with van der Waals surface area (Å²) in [6, 6.07) is 0. The summed E-state index contributed by atoms with van der Waals surface area (Å²) in [6.45, 7) is 0. The second-order valence-corrected chi connectivity index (χ2v) is 8.29. The van der Waals surface area contributed by atoms with Crippen molar-refractivity contribution in [1.29, 1.82) is 0 Å². The first-order valence-corrected chi connectivity index (χ1v) is 6.43. The summed E-state index contributed by atoms with van der Waals surface area (Å²) >= 11 is 4.30. The van der Waals surface area contributed by atoms with Crippen LogP contribution in [0, 0.1) is 0 Å². The Labute approximate surface area is 59.1 Å². The lowest BCUT2D eigenvalue weighted by molar-refractivity contribution is 1.39. The Kier molecular flexibility index (Phi) is 2.13. The number of nitrogens with two attached hydrogens (primary N) is 1. The van der Waals surface area contributed by atoms with Crippen LogP contribution in [0.1, 0.15) is 6.42 Å². The van der Waals surface area contributed by atoms with Gasteiger partial charge in [0.1, 0.15) is 0 Å². The molecule has 8 heavy (non-hydrogen) atoms. The van der Waals surface area contributed by atoms with Crippen LogP contribution >= 0.6 is 30.9 Å². The van der Waals surface area contributed by atoms with Gasteiger partial charge in [-0.25, -0.2) is 4.40 Å². The molecule has 0 saturated carbocycles. The zero-order chi connectivity index (χ0) is 6.04. The van der Waals surface area contributed by atoms with Crippen LogP contribution in [-0.2, 0) is 0 Å². The standard InChI is InChI=1S/C3H8N2S3/c4-7-8(6)3-1-2-5-8/h2,6H,1,3-4H2. The fraction of sp³-hybridized carbons (Fsp3) is 0.667. The smallest absolute Gasteiger partial charge is 0.0195 e. The third-order valence-corrected chi connectivity index (χ3v) is 5.75. The monoisotopic (exact) mass is 168 g/mol. The lowest BCUT2D eigenvalue weighted by Gasteiger charge is -2.19. The number of hydrogen-bond donors (Lipinski definition) is 2. The topological polar surface area (TPSA) is 38.4 Å². The van der Waals surface area contributed by atoms with E-state index in [-0.39, 0.29) is 0 Å². The van der Waals surface area contributed by atoms with E-state index in [1.165, 1.54) is 11.0 Å². The SMILES string of the molecule is NSS1(S)CCC=N1. The van der Waals surface area contributed by atoms with Crippen LogP contribution in [-0.4, -0.2) is 12.0 Å². The van der Waals surface area contributed by atoms with Gasteiger partial charge in [-0.2, -0.15) is 0 Å². The summed E-state index contributed by atoms with van der Waals surface area (Å²) in [5, 5.41) is 5.33. The van der Waals surface area contributed by atoms with Gasteiger partial charge in [0.05, 0.1) is 0 Å². The van der Waals surface area contributed by atoms with Gasteiger partial charge in [-0.1, -0.05) is 11.7 Å². The Hall–Kier alpha value is 0.680. The van der Waals surface area contributed by atoms with E-state index in [1.54, 1.807) is 0 Å². The van der Waals surface area contributed by atoms with Crippen molar-refractivity contribution in [2.45, 2.75) is 6.42 Å². The van der Waals surface area contributed by atoms with Crippen LogP contribution in [0.5, 0.6) is 0 Å². The van der Waals surface area contributed by atoms with Crippen molar-refractivity contribution < 1.29 is 0 Å². The molecule has 1 unspecified atom stereocenters. The average Bonchev–Trinajstić information content (AvgIpc) is 2.17. The summed E-state index contributed by atoms with van der Waals surface area (Å²) in [5.74, 6) is 1.04. The molecule has 1 heterocycles. The fourth-order valence-electron chi connectivity index (χ4n) is 0.501. The van der Waals surface area contributed by atoms with E-state index >= 15 is 0 Å². The van der Waals surface area contributed by atoms with Crippen molar-refractivity contribution in [3.63, 3.8) is 0 Å². The Morgan fingerprint density at radius 3 is 2.88 bits per heavy atom. The normalized spacial score (nSPS) is 44.2. The van der Waals surface area contributed by atoms with Gasteiger partial charge < -0.3 is 0 Å². The molecule has 1 rings (SSSR count). The first-order chi connectivity index (χ1) is 3.77. The Morgan fingerprint density at radius 1 is 1.88 bits per heavy atom. The molecule has 0 spiro atoms. The molecule has 0 amide bonds. The molecular weight excluding hydrogens is 160 g/mol. The number of rotatable bonds is 1. The molecular formula is C3H8N2S3. The number of thiol groups is 1. The molecule has 2 N–H and O–H groups in total. The van der Waals surface area contributed by atoms with Crippen molar-refractivity contribution in [2.75, 3.05) is 5.75 Å². The van der Waals surface area contributed by atoms with Gasteiger partial charge in [-0.3, -0.25) is 5.14 Å². The maximum absolute atomic E-state index is 5.33. The van der Waals surface area contributed by atoms with E-state index in [9.17, 15) is 0 Å². The van der Waals surface area contributed by atoms with Gasteiger partial charge in [0.2, 0.25) is 0 Å². The lowest BCUT2D eigenvalue weighted by Crippen LogP contribution is -1.86. The zero-order valence-electron chi connectivity index (χ0n) is 4.28. The Bertz CT molecular complexity index is 115. The van der Waals surface area contributed by atoms with Crippen LogP contribution < -0.4 is 5.14 Å². The molecule has 1 aliphatic heterocycles. The molecule has 5 heteroatoms. The summed E-state index contributed by atoms with van der Waals surface area (Å²) in [5.41, 5.74) is 0. The van der Waals surface area contributed by atoms with Crippen LogP contribution in [0.2, 0.25) is 0 Å². The molecule has 0 aliphatic carbocycles. The zero-order valence-corrected chi connectivity index (χ0v) is 6.81. The van der Waals surface area contributed by atoms with Crippen LogP contribution in [0.4, 0.5) is 0 Å². The minimum Gasteiger partial charge on any atom is -0.268 e. The molecule has 48 valence electrons. The quantitative estimate of drug-likeness (QED) is 0.354. The summed E-state index contributed by atoms with van der Waals surface area (Å²) in [7, 11) is 0.201. The molecule has 0 aromatic carbocycles. The predicted octanol–water partition coefficient (Wildman–Crippen LogP) is 1.55. The molecule has 1 atom stereocenters. The highest BCUT2D eigenvalue weighted by atomic mass is 33.5. The van der Waals surface area contributed by atoms with Gasteiger partial charge in [0.15, 0.2) is 0 Å². The Balaban J connectivity index is 2.54. The molecule has 0 bridgehead atoms. The van der Waals surface area contributed by atoms with Gasteiger partial charge in [0, 0.05) is 12.0 Å². The highest BCUT2D eigenvalue weighted by Crippen LogP contribution is 2.64. The van der Waals surface area contributed by atoms with E-state index in [1.807, 2.05) is 6.21 Å². The van der Waals surface area contributed by atoms with Gasteiger partial charge in [0.25, 0.3) is 0 Å². The van der Waals surface area contributed by atoms with Gasteiger partial charge in [-0.05, 0) is 25.7 Å². The second kappa shape index (κ2) is 2.51.